The van der Waals surface area contributed by atoms with Crippen LogP contribution in [-0.4, -0.2) is 49.1 Å². The number of hydrogen-bond donors (Lipinski definition) is 1. The molecule has 0 radical (unpaired) electrons. The van der Waals surface area contributed by atoms with E-state index in [1.165, 1.54) is 5.56 Å². The molecule has 0 unspecified atom stereocenters. The van der Waals surface area contributed by atoms with Crippen molar-refractivity contribution in [2.75, 3.05) is 18.0 Å². The van der Waals surface area contributed by atoms with Crippen molar-refractivity contribution in [3.63, 3.8) is 0 Å². The van der Waals surface area contributed by atoms with Crippen LogP contribution in [0.2, 0.25) is 0 Å². The van der Waals surface area contributed by atoms with E-state index in [-0.39, 0.29) is 5.92 Å². The van der Waals surface area contributed by atoms with Gasteiger partial charge in [-0.15, -0.1) is 10.2 Å². The van der Waals surface area contributed by atoms with E-state index >= 15 is 0 Å². The topological polar surface area (TPSA) is 79.4 Å². The molecule has 0 saturated carbocycles. The molecular formula is C22H24N6O. The van der Waals surface area contributed by atoms with Crippen LogP contribution in [0.1, 0.15) is 31.0 Å². The molecule has 7 nitrogen and oxygen atoms in total. The van der Waals surface area contributed by atoms with Gasteiger partial charge in [-0.05, 0) is 36.1 Å². The lowest BCUT2D eigenvalue weighted by Crippen LogP contribution is -2.22. The first-order valence-corrected chi connectivity index (χ1v) is 10.1. The highest BCUT2D eigenvalue weighted by Crippen LogP contribution is 2.31. The molecule has 1 saturated heterocycles. The van der Waals surface area contributed by atoms with E-state index in [1.54, 1.807) is 10.8 Å². The monoisotopic (exact) mass is 388 g/mol. The molecule has 4 aromatic rings. The molecule has 29 heavy (non-hydrogen) atoms. The van der Waals surface area contributed by atoms with Gasteiger partial charge < -0.3 is 10.0 Å². The van der Waals surface area contributed by atoms with Crippen molar-refractivity contribution in [1.82, 2.24) is 24.8 Å². The zero-order chi connectivity index (χ0) is 20.0. The number of nitrogens with zero attached hydrogens (tertiary/aromatic N) is 6. The maximum Gasteiger partial charge on any atom is 0.200 e. The van der Waals surface area contributed by atoms with E-state index in [0.717, 1.165) is 40.9 Å². The van der Waals surface area contributed by atoms with Gasteiger partial charge in [-0.2, -0.15) is 9.61 Å². The number of hydrogen-bond acceptors (Lipinski definition) is 6. The first-order chi connectivity index (χ1) is 14.1. The van der Waals surface area contributed by atoms with Crippen LogP contribution in [0, 0.1) is 5.92 Å². The Balaban J connectivity index is 1.46. The van der Waals surface area contributed by atoms with E-state index < -0.39 is 6.10 Å². The van der Waals surface area contributed by atoms with Crippen LogP contribution in [0.4, 0.5) is 5.69 Å². The number of aromatic nitrogens is 5. The van der Waals surface area contributed by atoms with Crippen LogP contribution in [0.15, 0.2) is 48.9 Å². The molecule has 5 rings (SSSR count). The summed E-state index contributed by atoms with van der Waals surface area (Å²) in [6.07, 6.45) is 3.90. The summed E-state index contributed by atoms with van der Waals surface area (Å²) in [7, 11) is 0. The number of rotatable bonds is 4. The third-order valence-corrected chi connectivity index (χ3v) is 5.83. The van der Waals surface area contributed by atoms with Gasteiger partial charge in [-0.25, -0.2) is 0 Å². The number of fused-ring (bicyclic) bond motifs is 2. The highest BCUT2D eigenvalue weighted by molar-refractivity contribution is 5.81. The molecule has 1 N–H and O–H groups in total. The van der Waals surface area contributed by atoms with Gasteiger partial charge in [0.1, 0.15) is 6.33 Å². The van der Waals surface area contributed by atoms with Crippen molar-refractivity contribution in [2.24, 2.45) is 5.92 Å². The molecule has 4 heterocycles. The van der Waals surface area contributed by atoms with Gasteiger partial charge in [0.15, 0.2) is 0 Å². The first kappa shape index (κ1) is 18.0. The zero-order valence-electron chi connectivity index (χ0n) is 16.6. The predicted octanol–water partition coefficient (Wildman–Crippen LogP) is 2.84. The van der Waals surface area contributed by atoms with Crippen molar-refractivity contribution in [1.29, 1.82) is 0 Å². The second kappa shape index (κ2) is 7.08. The molecule has 0 aliphatic carbocycles. The summed E-state index contributed by atoms with van der Waals surface area (Å²) >= 11 is 0. The quantitative estimate of drug-likeness (QED) is 0.579. The summed E-state index contributed by atoms with van der Waals surface area (Å²) in [5.74, 6) is 0.437. The molecule has 1 fully saturated rings. The molecule has 0 bridgehead atoms. The average Bonchev–Trinajstić information content (AvgIpc) is 3.34. The minimum Gasteiger partial charge on any atom is -0.391 e. The van der Waals surface area contributed by atoms with Gasteiger partial charge in [0, 0.05) is 30.6 Å². The smallest absolute Gasteiger partial charge is 0.200 e. The molecule has 0 spiro atoms. The van der Waals surface area contributed by atoms with Crippen molar-refractivity contribution in [3.8, 4) is 0 Å². The van der Waals surface area contributed by atoms with Crippen LogP contribution in [0.25, 0.3) is 16.6 Å². The summed E-state index contributed by atoms with van der Waals surface area (Å²) < 4.78 is 1.74. The molecule has 1 aliphatic rings. The Morgan fingerprint density at radius 1 is 1.17 bits per heavy atom. The molecule has 3 aromatic heterocycles. The molecule has 2 atom stereocenters. The van der Waals surface area contributed by atoms with Crippen LogP contribution < -0.4 is 4.90 Å². The number of pyridine rings is 1. The first-order valence-electron chi connectivity index (χ1n) is 10.1. The van der Waals surface area contributed by atoms with Crippen LogP contribution in [-0.2, 0) is 6.42 Å². The van der Waals surface area contributed by atoms with Crippen molar-refractivity contribution < 1.29 is 5.11 Å². The van der Waals surface area contributed by atoms with Crippen molar-refractivity contribution in [3.05, 3.63) is 60.2 Å². The van der Waals surface area contributed by atoms with Crippen LogP contribution >= 0.6 is 0 Å². The number of para-hydroxylation sites is 1. The van der Waals surface area contributed by atoms with Gasteiger partial charge >= 0.3 is 0 Å². The number of aliphatic hydroxyl groups excluding tert-OH is 1. The van der Waals surface area contributed by atoms with E-state index in [4.69, 9.17) is 0 Å². The lowest BCUT2D eigenvalue weighted by Gasteiger charge is -2.20. The van der Waals surface area contributed by atoms with E-state index in [2.05, 4.69) is 57.2 Å². The Morgan fingerprint density at radius 2 is 2.03 bits per heavy atom. The van der Waals surface area contributed by atoms with E-state index in [0.29, 0.717) is 12.5 Å². The van der Waals surface area contributed by atoms with Crippen molar-refractivity contribution >= 4 is 22.2 Å². The standard InChI is InChI=1S/C22H24N6O/c1-14(2)19-10-20(22-25-24-13-28(22)26-19)27-11-16(21(29)12-27)9-15-7-8-23-18-6-4-3-5-17(15)18/h3-8,10,13-14,16,21,29H,9,11-12H2,1-2H3/t16-,21-/m1/s1. The second-order valence-electron chi connectivity index (χ2n) is 8.13. The Kier molecular flexibility index (Phi) is 4.39. The fraction of sp³-hybridized carbons (Fsp3) is 0.364. The summed E-state index contributed by atoms with van der Waals surface area (Å²) in [6.45, 7) is 5.59. The van der Waals surface area contributed by atoms with Gasteiger partial charge in [0.05, 0.1) is 23.0 Å². The largest absolute Gasteiger partial charge is 0.391 e. The lowest BCUT2D eigenvalue weighted by molar-refractivity contribution is 0.148. The minimum atomic E-state index is -0.402. The zero-order valence-corrected chi connectivity index (χ0v) is 16.6. The molecular weight excluding hydrogens is 364 g/mol. The van der Waals surface area contributed by atoms with Gasteiger partial charge in [0.25, 0.3) is 0 Å². The third kappa shape index (κ3) is 3.21. The lowest BCUT2D eigenvalue weighted by atomic mass is 9.94. The minimum absolute atomic E-state index is 0.138. The Bertz CT molecular complexity index is 1170. The third-order valence-electron chi connectivity index (χ3n) is 5.83. The number of anilines is 1. The molecule has 1 aliphatic heterocycles. The van der Waals surface area contributed by atoms with Crippen LogP contribution in [0.3, 0.4) is 0 Å². The van der Waals surface area contributed by atoms with Crippen LogP contribution in [0.5, 0.6) is 0 Å². The van der Waals surface area contributed by atoms with Crippen molar-refractivity contribution in [2.45, 2.75) is 32.3 Å². The normalized spacial score (nSPS) is 19.7. The summed E-state index contributed by atoms with van der Waals surface area (Å²) in [5, 5.41) is 24.9. The van der Waals surface area contributed by atoms with Gasteiger partial charge in [0.2, 0.25) is 5.65 Å². The van der Waals surface area contributed by atoms with E-state index in [9.17, 15) is 5.11 Å². The Hall–Kier alpha value is -3.06. The number of aliphatic hydroxyl groups is 1. The predicted molar refractivity (Wildman–Crippen MR) is 112 cm³/mol. The van der Waals surface area contributed by atoms with Gasteiger partial charge in [-0.3, -0.25) is 4.98 Å². The highest BCUT2D eigenvalue weighted by atomic mass is 16.3. The summed E-state index contributed by atoms with van der Waals surface area (Å²) in [6, 6.07) is 12.3. The summed E-state index contributed by atoms with van der Waals surface area (Å²) in [5.41, 5.74) is 4.94. The highest BCUT2D eigenvalue weighted by Gasteiger charge is 2.33. The maximum absolute atomic E-state index is 10.8. The van der Waals surface area contributed by atoms with Gasteiger partial charge in [-0.1, -0.05) is 32.0 Å². The molecule has 7 heteroatoms. The van der Waals surface area contributed by atoms with E-state index in [1.807, 2.05) is 24.4 Å². The summed E-state index contributed by atoms with van der Waals surface area (Å²) in [4.78, 5) is 6.67. The molecule has 1 aromatic carbocycles. The number of benzene rings is 1. The average molecular weight is 388 g/mol. The maximum atomic E-state index is 10.8. The Labute approximate surface area is 169 Å². The second-order valence-corrected chi connectivity index (χ2v) is 8.13. The molecule has 0 amide bonds. The number of β-amino-alcohol motifs (C(OH)–C–C–N with tert-alkyl or cyclic N) is 1. The Morgan fingerprint density at radius 3 is 2.90 bits per heavy atom. The fourth-order valence-corrected chi connectivity index (χ4v) is 4.21. The fourth-order valence-electron chi connectivity index (χ4n) is 4.21. The molecule has 148 valence electrons. The SMILES string of the molecule is CC(C)c1cc(N2C[C@@H](Cc3ccnc4ccccc34)[C@H](O)C2)c2nncn2n1.